The minimum Gasteiger partial charge on any atom is -0.484 e. The monoisotopic (exact) mass is 386 g/mol. The molecule has 1 atom stereocenters. The SMILES string of the molecule is O=C1CCc2cc(OCC(=O)NC3CCSc4ccc(F)cc43)ccc2N1. The van der Waals surface area contributed by atoms with Gasteiger partial charge in [-0.25, -0.2) is 4.39 Å². The van der Waals surface area contributed by atoms with Crippen LogP contribution in [0.25, 0.3) is 0 Å². The third kappa shape index (κ3) is 4.08. The van der Waals surface area contributed by atoms with E-state index in [4.69, 9.17) is 4.74 Å². The first-order valence-electron chi connectivity index (χ1n) is 8.86. The van der Waals surface area contributed by atoms with E-state index in [9.17, 15) is 14.0 Å². The molecule has 0 aromatic heterocycles. The molecule has 2 aliphatic rings. The number of nitrogens with one attached hydrogen (secondary N) is 2. The van der Waals surface area contributed by atoms with Gasteiger partial charge in [0.05, 0.1) is 6.04 Å². The van der Waals surface area contributed by atoms with Gasteiger partial charge in [-0.1, -0.05) is 0 Å². The highest BCUT2D eigenvalue weighted by Crippen LogP contribution is 2.36. The maximum Gasteiger partial charge on any atom is 0.258 e. The number of fused-ring (bicyclic) bond motifs is 2. The summed E-state index contributed by atoms with van der Waals surface area (Å²) in [5.74, 6) is 0.936. The fraction of sp³-hybridized carbons (Fsp3) is 0.300. The van der Waals surface area contributed by atoms with Crippen LogP contribution in [0.2, 0.25) is 0 Å². The highest BCUT2D eigenvalue weighted by atomic mass is 32.2. The summed E-state index contributed by atoms with van der Waals surface area (Å²) in [5.41, 5.74) is 2.62. The first-order chi connectivity index (χ1) is 13.1. The summed E-state index contributed by atoms with van der Waals surface area (Å²) in [6.45, 7) is -0.112. The molecule has 2 N–H and O–H groups in total. The largest absolute Gasteiger partial charge is 0.484 e. The second-order valence-corrected chi connectivity index (χ2v) is 7.73. The van der Waals surface area contributed by atoms with E-state index in [1.807, 2.05) is 6.07 Å². The van der Waals surface area contributed by atoms with Crippen molar-refractivity contribution >= 4 is 29.3 Å². The molecule has 1 unspecified atom stereocenters. The van der Waals surface area contributed by atoms with Crippen molar-refractivity contribution in [3.05, 3.63) is 53.3 Å². The lowest BCUT2D eigenvalue weighted by atomic mass is 10.0. The Balaban J connectivity index is 1.37. The Labute approximate surface area is 160 Å². The minimum absolute atomic E-state index is 0.0120. The Morgan fingerprint density at radius 1 is 1.26 bits per heavy atom. The topological polar surface area (TPSA) is 67.4 Å². The predicted molar refractivity (Wildman–Crippen MR) is 102 cm³/mol. The lowest BCUT2D eigenvalue weighted by molar-refractivity contribution is -0.124. The molecule has 4 rings (SSSR count). The van der Waals surface area contributed by atoms with Crippen LogP contribution >= 0.6 is 11.8 Å². The van der Waals surface area contributed by atoms with Crippen LogP contribution in [0.15, 0.2) is 41.3 Å². The number of hydrogen-bond donors (Lipinski definition) is 2. The molecule has 2 aromatic rings. The zero-order chi connectivity index (χ0) is 18.8. The zero-order valence-corrected chi connectivity index (χ0v) is 15.4. The highest BCUT2D eigenvalue weighted by Gasteiger charge is 2.23. The summed E-state index contributed by atoms with van der Waals surface area (Å²) in [5, 5.41) is 5.75. The molecule has 0 aliphatic carbocycles. The Hall–Kier alpha value is -2.54. The molecule has 2 aromatic carbocycles. The van der Waals surface area contributed by atoms with Crippen LogP contribution in [-0.2, 0) is 16.0 Å². The van der Waals surface area contributed by atoms with Crippen molar-refractivity contribution in [2.75, 3.05) is 17.7 Å². The number of amides is 2. The summed E-state index contributed by atoms with van der Waals surface area (Å²) in [6.07, 6.45) is 1.87. The summed E-state index contributed by atoms with van der Waals surface area (Å²) in [4.78, 5) is 24.7. The second kappa shape index (κ2) is 7.60. The molecule has 0 fully saturated rings. The number of thioether (sulfide) groups is 1. The van der Waals surface area contributed by atoms with Gasteiger partial charge in [0.25, 0.3) is 5.91 Å². The van der Waals surface area contributed by atoms with Crippen molar-refractivity contribution in [2.24, 2.45) is 0 Å². The van der Waals surface area contributed by atoms with Gasteiger partial charge >= 0.3 is 0 Å². The van der Waals surface area contributed by atoms with Gasteiger partial charge in [0.2, 0.25) is 5.91 Å². The Morgan fingerprint density at radius 2 is 2.15 bits per heavy atom. The lowest BCUT2D eigenvalue weighted by Gasteiger charge is -2.26. The molecular formula is C20H19FN2O3S. The minimum atomic E-state index is -0.298. The fourth-order valence-corrected chi connectivity index (χ4v) is 4.46. The molecular weight excluding hydrogens is 367 g/mol. The molecule has 0 saturated heterocycles. The quantitative estimate of drug-likeness (QED) is 0.845. The van der Waals surface area contributed by atoms with Gasteiger partial charge in [0.15, 0.2) is 6.61 Å². The van der Waals surface area contributed by atoms with Crippen LogP contribution < -0.4 is 15.4 Å². The van der Waals surface area contributed by atoms with Crippen LogP contribution in [0.5, 0.6) is 5.75 Å². The maximum atomic E-state index is 13.6. The molecule has 140 valence electrons. The first-order valence-corrected chi connectivity index (χ1v) is 9.84. The molecule has 2 heterocycles. The standard InChI is InChI=1S/C20H19FN2O3S/c21-13-2-5-18-15(10-13)17(7-8-27-18)23-20(25)11-26-14-3-4-16-12(9-14)1-6-19(24)22-16/h2-5,9-10,17H,1,6-8,11H2,(H,22,24)(H,23,25). The van der Waals surface area contributed by atoms with Crippen molar-refractivity contribution in [1.29, 1.82) is 0 Å². The smallest absolute Gasteiger partial charge is 0.258 e. The number of carbonyl (C=O) groups excluding carboxylic acids is 2. The average molecular weight is 386 g/mol. The lowest BCUT2D eigenvalue weighted by Crippen LogP contribution is -2.34. The summed E-state index contributed by atoms with van der Waals surface area (Å²) in [6, 6.07) is 9.87. The van der Waals surface area contributed by atoms with Gasteiger partial charge in [-0.2, -0.15) is 0 Å². The van der Waals surface area contributed by atoms with Crippen LogP contribution in [0.4, 0.5) is 10.1 Å². The van der Waals surface area contributed by atoms with E-state index in [-0.39, 0.29) is 30.3 Å². The summed E-state index contributed by atoms with van der Waals surface area (Å²) in [7, 11) is 0. The number of halogens is 1. The number of ether oxygens (including phenoxy) is 1. The van der Waals surface area contributed by atoms with Gasteiger partial charge in [0.1, 0.15) is 11.6 Å². The number of carbonyl (C=O) groups is 2. The number of benzene rings is 2. The van der Waals surface area contributed by atoms with E-state index in [1.165, 1.54) is 12.1 Å². The van der Waals surface area contributed by atoms with Crippen molar-refractivity contribution in [2.45, 2.75) is 30.2 Å². The molecule has 0 radical (unpaired) electrons. The van der Waals surface area contributed by atoms with Gasteiger partial charge in [-0.3, -0.25) is 9.59 Å². The molecule has 7 heteroatoms. The van der Waals surface area contributed by atoms with E-state index in [2.05, 4.69) is 10.6 Å². The van der Waals surface area contributed by atoms with Crippen molar-refractivity contribution < 1.29 is 18.7 Å². The predicted octanol–water partition coefficient (Wildman–Crippen LogP) is 3.44. The zero-order valence-electron chi connectivity index (χ0n) is 14.6. The molecule has 0 spiro atoms. The van der Waals surface area contributed by atoms with Crippen molar-refractivity contribution in [3.63, 3.8) is 0 Å². The first kappa shape index (κ1) is 17.9. The molecule has 2 amide bonds. The molecule has 2 aliphatic heterocycles. The van der Waals surface area contributed by atoms with E-state index in [0.29, 0.717) is 18.6 Å². The van der Waals surface area contributed by atoms with Crippen LogP contribution in [0, 0.1) is 5.82 Å². The fourth-order valence-electron chi connectivity index (χ4n) is 3.35. The van der Waals surface area contributed by atoms with Gasteiger partial charge in [-0.05, 0) is 60.4 Å². The molecule has 5 nitrogen and oxygen atoms in total. The van der Waals surface area contributed by atoms with E-state index in [0.717, 1.165) is 33.9 Å². The molecule has 0 bridgehead atoms. The summed E-state index contributed by atoms with van der Waals surface area (Å²) >= 11 is 1.67. The highest BCUT2D eigenvalue weighted by molar-refractivity contribution is 7.99. The second-order valence-electron chi connectivity index (χ2n) is 6.60. The Morgan fingerprint density at radius 3 is 3.04 bits per heavy atom. The number of rotatable bonds is 4. The van der Waals surface area contributed by atoms with E-state index >= 15 is 0 Å². The number of aryl methyl sites for hydroxylation is 1. The normalized spacial score (nSPS) is 18.1. The Bertz CT molecular complexity index is 903. The summed E-state index contributed by atoms with van der Waals surface area (Å²) < 4.78 is 19.2. The van der Waals surface area contributed by atoms with Crippen molar-refractivity contribution in [1.82, 2.24) is 5.32 Å². The van der Waals surface area contributed by atoms with Crippen LogP contribution in [-0.4, -0.2) is 24.2 Å². The van der Waals surface area contributed by atoms with E-state index in [1.54, 1.807) is 30.0 Å². The molecule has 27 heavy (non-hydrogen) atoms. The van der Waals surface area contributed by atoms with Crippen LogP contribution in [0.3, 0.4) is 0 Å². The van der Waals surface area contributed by atoms with Crippen LogP contribution in [0.1, 0.15) is 30.0 Å². The maximum absolute atomic E-state index is 13.6. The average Bonchev–Trinajstić information content (AvgIpc) is 2.67. The Kier molecular flexibility index (Phi) is 5.03. The molecule has 0 saturated carbocycles. The third-order valence-electron chi connectivity index (χ3n) is 4.69. The van der Waals surface area contributed by atoms with Gasteiger partial charge < -0.3 is 15.4 Å². The number of anilines is 1. The van der Waals surface area contributed by atoms with E-state index < -0.39 is 0 Å². The van der Waals surface area contributed by atoms with Gasteiger partial charge in [0, 0.05) is 22.8 Å². The third-order valence-corrected chi connectivity index (χ3v) is 5.81. The van der Waals surface area contributed by atoms with Gasteiger partial charge in [-0.15, -0.1) is 11.8 Å². The number of hydrogen-bond acceptors (Lipinski definition) is 4. The van der Waals surface area contributed by atoms with Crippen molar-refractivity contribution in [3.8, 4) is 5.75 Å².